The first-order valence-electron chi connectivity index (χ1n) is 22.0. The highest BCUT2D eigenvalue weighted by atomic mass is 16.3. The summed E-state index contributed by atoms with van der Waals surface area (Å²) in [5.74, 6) is 0. The SMILES string of the molecule is [B]c1c([B])c(-c2c3c([B])c([B])c([B])c([B])c3c(-c3c([B])c([B])c([B])c4oc5c([B])c([B])c([B])c([B])c5c34)c3c([B])c([B])c([B])c([B])c23)c([B])c(-c2c([B])c([B])c([B])c3c([B])c([B])c4c([B])c([B])c([B])c([B])c4c23)c1[B]. The number of hydrogen-bond acceptors (Lipinski definition) is 1. The first-order chi connectivity index (χ1) is 35.0. The zero-order valence-corrected chi connectivity index (χ0v) is 39.6. The molecule has 75 heavy (non-hydrogen) atoms. The molecule has 0 bridgehead atoms. The second-order valence-corrected chi connectivity index (χ2v) is 18.3. The Hall–Kier alpha value is -4.36. The van der Waals surface area contributed by atoms with Gasteiger partial charge in [-0.3, -0.25) is 0 Å². The predicted octanol–water partition coefficient (Wildman–Crippen LogP) is -20.6. The highest BCUT2D eigenvalue weighted by molar-refractivity contribution is 6.78. The minimum absolute atomic E-state index is 0.00614. The fraction of sp³-hybridized carbons (Fsp3) is 0. The first kappa shape index (κ1) is 54.0. The molecule has 10 aromatic rings. The maximum atomic E-state index is 7.52. The third-order valence-electron chi connectivity index (χ3n) is 14.7. The molecule has 0 aliphatic rings. The summed E-state index contributed by atoms with van der Waals surface area (Å²) >= 11 is 0. The van der Waals surface area contributed by atoms with Crippen LogP contribution in [0, 0.1) is 0 Å². The lowest BCUT2D eigenvalue weighted by Gasteiger charge is -2.33. The molecule has 1 aromatic heterocycles. The fourth-order valence-electron chi connectivity index (χ4n) is 10.7. The van der Waals surface area contributed by atoms with Crippen molar-refractivity contribution in [2.45, 2.75) is 0 Å². The Kier molecular flexibility index (Phi) is 13.0. The van der Waals surface area contributed by atoms with E-state index < -0.39 is 0 Å². The normalized spacial score (nSPS) is 11.9. The average molecular weight is 871 g/mol. The van der Waals surface area contributed by atoms with Gasteiger partial charge in [-0.25, -0.2) is 0 Å². The summed E-state index contributed by atoms with van der Waals surface area (Å²) in [6, 6.07) is 0. The number of rotatable bonds is 3. The summed E-state index contributed by atoms with van der Waals surface area (Å²) in [5, 5.41) is 0.233. The zero-order valence-electron chi connectivity index (χ0n) is 39.6. The number of fused-ring (bicyclic) bond motifs is 8. The van der Waals surface area contributed by atoms with Crippen LogP contribution in [0.25, 0.3) is 98.4 Å². The lowest BCUT2D eigenvalue weighted by atomic mass is 9.55. The van der Waals surface area contributed by atoms with Crippen LogP contribution in [0.15, 0.2) is 4.42 Å². The molecule has 0 atom stereocenters. The van der Waals surface area contributed by atoms with E-state index in [0.29, 0.717) is 0 Å². The lowest BCUT2D eigenvalue weighted by molar-refractivity contribution is 0.675. The molecule has 10 rings (SSSR count). The van der Waals surface area contributed by atoms with E-state index in [9.17, 15) is 0 Å². The molecule has 274 valence electrons. The van der Waals surface area contributed by atoms with Crippen LogP contribution in [-0.2, 0) is 0 Å². The van der Waals surface area contributed by atoms with Crippen LogP contribution < -0.4 is 153 Å². The first-order valence-corrected chi connectivity index (χ1v) is 22.0. The predicted molar refractivity (Wildman–Crippen MR) is 351 cm³/mol. The number of benzene rings is 9. The summed E-state index contributed by atoms with van der Waals surface area (Å²) in [5.41, 5.74) is -5.48. The smallest absolute Gasteiger partial charge is 0.128 e. The van der Waals surface area contributed by atoms with Gasteiger partial charge in [0.2, 0.25) is 0 Å². The third-order valence-corrected chi connectivity index (χ3v) is 14.7. The van der Waals surface area contributed by atoms with Gasteiger partial charge in [0.05, 0.1) is 0 Å². The van der Waals surface area contributed by atoms with Gasteiger partial charge in [0, 0.05) is 10.8 Å². The highest BCUT2D eigenvalue weighted by Gasteiger charge is 2.32. The molecule has 0 saturated carbocycles. The number of hydrogen-bond donors (Lipinski definition) is 0. The van der Waals surface area contributed by atoms with Crippen molar-refractivity contribution in [1.29, 1.82) is 0 Å². The Bertz CT molecular complexity index is 4360. The molecule has 0 spiro atoms. The quantitative estimate of drug-likeness (QED) is 0.0979. The Morgan fingerprint density at radius 3 is 0.733 bits per heavy atom. The van der Waals surface area contributed by atoms with Crippen LogP contribution in [0.3, 0.4) is 0 Å². The van der Waals surface area contributed by atoms with Gasteiger partial charge in [0.1, 0.15) is 231 Å². The Morgan fingerprint density at radius 1 is 0.120 bits per heavy atom. The van der Waals surface area contributed by atoms with Crippen LogP contribution >= 0.6 is 0 Å². The van der Waals surface area contributed by atoms with Crippen LogP contribution in [-0.4, -0.2) is 220 Å². The summed E-state index contributed by atoms with van der Waals surface area (Å²) in [4.78, 5) is 0. The fourth-order valence-corrected chi connectivity index (χ4v) is 10.7. The van der Waals surface area contributed by atoms with Crippen LogP contribution in [0.5, 0.6) is 0 Å². The van der Waals surface area contributed by atoms with Gasteiger partial charge in [-0.05, 0) is 76.5 Å². The molecule has 1 heterocycles. The van der Waals surface area contributed by atoms with E-state index in [0.717, 1.165) is 0 Å². The van der Waals surface area contributed by atoms with Crippen LogP contribution in [0.2, 0.25) is 0 Å². The molecule has 0 fully saturated rings. The van der Waals surface area contributed by atoms with Crippen molar-refractivity contribution in [3.63, 3.8) is 0 Å². The molecule has 0 aliphatic heterocycles. The average Bonchev–Trinajstić information content (AvgIpc) is 3.80. The Morgan fingerprint density at radius 2 is 0.333 bits per heavy atom. The van der Waals surface area contributed by atoms with Gasteiger partial charge >= 0.3 is 0 Å². The molecule has 29 heteroatoms. The Balaban J connectivity index is 1.54. The van der Waals surface area contributed by atoms with E-state index in [1.165, 1.54) is 0 Å². The van der Waals surface area contributed by atoms with E-state index in [-0.39, 0.29) is 251 Å². The van der Waals surface area contributed by atoms with Crippen molar-refractivity contribution >= 4 is 438 Å². The van der Waals surface area contributed by atoms with E-state index in [2.05, 4.69) is 0 Å². The molecule has 1 nitrogen and oxygen atoms in total. The second kappa shape index (κ2) is 18.1. The van der Waals surface area contributed by atoms with Crippen molar-refractivity contribution in [3.8, 4) is 33.4 Å². The van der Waals surface area contributed by atoms with Crippen LogP contribution in [0.1, 0.15) is 0 Å². The van der Waals surface area contributed by atoms with Crippen molar-refractivity contribution in [2.24, 2.45) is 0 Å². The monoisotopic (exact) mass is 876 g/mol. The minimum atomic E-state index is -0.289. The maximum Gasteiger partial charge on any atom is 0.128 e. The number of furan rings is 1. The largest absolute Gasteiger partial charge is 0.457 e. The van der Waals surface area contributed by atoms with Gasteiger partial charge in [-0.15, -0.1) is 60.1 Å². The highest BCUT2D eigenvalue weighted by Crippen LogP contribution is 2.43. The lowest BCUT2D eigenvalue weighted by Crippen LogP contribution is -2.52. The molecule has 0 amide bonds. The third kappa shape index (κ3) is 6.85. The van der Waals surface area contributed by atoms with Gasteiger partial charge in [0.25, 0.3) is 0 Å². The molecule has 0 aliphatic carbocycles. The maximum absolute atomic E-state index is 7.52. The van der Waals surface area contributed by atoms with E-state index >= 15 is 0 Å². The van der Waals surface area contributed by atoms with Crippen molar-refractivity contribution in [3.05, 3.63) is 0 Å². The van der Waals surface area contributed by atoms with E-state index in [1.54, 1.807) is 0 Å². The zero-order chi connectivity index (χ0) is 55.3. The summed E-state index contributed by atoms with van der Waals surface area (Å²) in [6.07, 6.45) is 0. The van der Waals surface area contributed by atoms with Crippen molar-refractivity contribution in [1.82, 2.24) is 0 Å². The summed E-state index contributed by atoms with van der Waals surface area (Å²) in [6.45, 7) is 0. The van der Waals surface area contributed by atoms with E-state index in [1.807, 2.05) is 0 Å². The Labute approximate surface area is 472 Å². The summed E-state index contributed by atoms with van der Waals surface area (Å²) in [7, 11) is 191. The molecular weight excluding hydrogens is 871 g/mol. The minimum Gasteiger partial charge on any atom is -0.457 e. The standard InChI is InChI=1S/C46B28O/c47-17-12(27(57)33(63)29(59)14(17)9-3-10-15(30(60)39(69)38(68)24(10)54)26(56)25(55)13(3)28(58)32(62)23(9)53)2-6-4(18(48)34(64)36(66)20(6)50)1(5-7(2)21(51)37(67)35(65)19(5)49)8-11-16-31(61)40(70)42(72)44(74)46(16)75-45(11)43(73)41(71)22(8)52. The topological polar surface area (TPSA) is 13.1 Å². The summed E-state index contributed by atoms with van der Waals surface area (Å²) < 4.78 is 6.34. The van der Waals surface area contributed by atoms with Gasteiger partial charge < -0.3 is 4.42 Å². The molecule has 0 N–H and O–H groups in total. The molecule has 0 saturated heterocycles. The van der Waals surface area contributed by atoms with E-state index in [4.69, 9.17) is 224 Å². The van der Waals surface area contributed by atoms with Gasteiger partial charge in [-0.2, -0.15) is 0 Å². The van der Waals surface area contributed by atoms with Crippen molar-refractivity contribution < 1.29 is 4.42 Å². The molecule has 56 radical (unpaired) electrons. The van der Waals surface area contributed by atoms with Crippen molar-refractivity contribution in [2.75, 3.05) is 0 Å². The van der Waals surface area contributed by atoms with Gasteiger partial charge in [0.15, 0.2) is 0 Å². The van der Waals surface area contributed by atoms with Gasteiger partial charge in [-0.1, -0.05) is 92.9 Å². The van der Waals surface area contributed by atoms with Crippen LogP contribution in [0.4, 0.5) is 0 Å². The molecule has 9 aromatic carbocycles. The molecule has 0 unspecified atom stereocenters. The second-order valence-electron chi connectivity index (χ2n) is 18.3. The molecular formula is C46B28O.